The first kappa shape index (κ1) is 45.4. The van der Waals surface area contributed by atoms with Crippen LogP contribution in [0.25, 0.3) is 0 Å². The number of hydrogen-bond donors (Lipinski definition) is 8. The van der Waals surface area contributed by atoms with E-state index in [2.05, 4.69) is 46.8 Å². The van der Waals surface area contributed by atoms with Crippen LogP contribution in [0.5, 0.6) is 0 Å². The number of phosphoric acid groups is 5. The Bertz CT molecular complexity index is 1050. The predicted octanol–water partition coefficient (Wildman–Crippen LogP) is -0.226. The Morgan fingerprint density at radius 1 is 0.511 bits per heavy atom. The Kier molecular flexibility index (Phi) is 23.1. The van der Waals surface area contributed by atoms with Gasteiger partial charge < -0.3 is 38.8 Å². The highest BCUT2D eigenvalue weighted by atomic mass is 31.2. The Labute approximate surface area is 258 Å². The molecule has 0 saturated carbocycles. The molecule has 24 nitrogen and oxygen atoms in total. The van der Waals surface area contributed by atoms with Gasteiger partial charge in [0, 0.05) is 0 Å². The SMILES string of the molecule is CCOP(=O)(O)OCC(COCNC)OP(=O)(O)OCCOP(=O)(O)OCCOP(=O)(O)OCC(COCNC)OP(=O)(O)O. The van der Waals surface area contributed by atoms with Crippen molar-refractivity contribution in [2.45, 2.75) is 19.1 Å². The highest BCUT2D eigenvalue weighted by Gasteiger charge is 2.32. The zero-order valence-corrected chi connectivity index (χ0v) is 28.9. The summed E-state index contributed by atoms with van der Waals surface area (Å²) >= 11 is 0. The molecule has 0 aliphatic rings. The third kappa shape index (κ3) is 27.0. The second kappa shape index (κ2) is 22.9. The van der Waals surface area contributed by atoms with Crippen molar-refractivity contribution in [1.82, 2.24) is 10.6 Å². The van der Waals surface area contributed by atoms with Gasteiger partial charge in [-0.3, -0.25) is 51.3 Å². The molecule has 8 N–H and O–H groups in total. The Balaban J connectivity index is 4.62. The van der Waals surface area contributed by atoms with Crippen LogP contribution in [0.3, 0.4) is 0 Å². The van der Waals surface area contributed by atoms with Crippen molar-refractivity contribution in [3.8, 4) is 0 Å². The minimum absolute atomic E-state index is 0.0201. The van der Waals surface area contributed by atoms with E-state index in [4.69, 9.17) is 23.8 Å². The highest BCUT2D eigenvalue weighted by molar-refractivity contribution is 7.48. The van der Waals surface area contributed by atoms with Gasteiger partial charge >= 0.3 is 39.1 Å². The molecular weight excluding hydrogens is 727 g/mol. The van der Waals surface area contributed by atoms with E-state index in [0.717, 1.165) is 0 Å². The van der Waals surface area contributed by atoms with E-state index >= 15 is 0 Å². The molecule has 45 heavy (non-hydrogen) atoms. The Morgan fingerprint density at radius 2 is 0.867 bits per heavy atom. The lowest BCUT2D eigenvalue weighted by Crippen LogP contribution is -2.27. The maximum absolute atomic E-state index is 12.2. The van der Waals surface area contributed by atoms with Crippen molar-refractivity contribution in [3.63, 3.8) is 0 Å². The van der Waals surface area contributed by atoms with Crippen molar-refractivity contribution in [2.24, 2.45) is 0 Å². The number of hydrogen-bond acceptors (Lipinski definition) is 18. The van der Waals surface area contributed by atoms with E-state index in [-0.39, 0.29) is 20.1 Å². The van der Waals surface area contributed by atoms with Gasteiger partial charge in [0.15, 0.2) is 0 Å². The Morgan fingerprint density at radius 3 is 1.24 bits per heavy atom. The zero-order valence-electron chi connectivity index (χ0n) is 24.4. The fourth-order valence-corrected chi connectivity index (χ4v) is 6.01. The maximum Gasteiger partial charge on any atom is 0.472 e. The average Bonchev–Trinajstić information content (AvgIpc) is 2.90. The summed E-state index contributed by atoms with van der Waals surface area (Å²) < 4.78 is 110. The van der Waals surface area contributed by atoms with Crippen LogP contribution in [0.15, 0.2) is 0 Å². The standard InChI is InChI=1S/C16H41N2O22P5/c1-4-32-42(22,23)37-12-16(10-31-14-18-3)40-45(28,29)36-8-7-34-43(24,25)33-5-6-35-44(26,27)38-11-15(9-30-13-17-2)39-41(19,20)21/h15-18H,4-14H2,1-3H3,(H,22,23)(H,24,25)(H,26,27)(H,28,29)(H2,19,20,21). The third-order valence-electron chi connectivity index (χ3n) is 3.99. The van der Waals surface area contributed by atoms with Gasteiger partial charge in [-0.25, -0.2) is 22.8 Å². The first-order chi connectivity index (χ1) is 20.8. The summed E-state index contributed by atoms with van der Waals surface area (Å²) in [6, 6.07) is 0. The lowest BCUT2D eigenvalue weighted by atomic mass is 10.4. The fraction of sp³-hybridized carbons (Fsp3) is 1.00. The summed E-state index contributed by atoms with van der Waals surface area (Å²) in [5.74, 6) is 0. The summed E-state index contributed by atoms with van der Waals surface area (Å²) in [4.78, 5) is 56.6. The molecule has 0 radical (unpaired) electrons. The summed E-state index contributed by atoms with van der Waals surface area (Å²) in [6.07, 6.45) is -2.87. The van der Waals surface area contributed by atoms with E-state index < -0.39 is 104 Å². The van der Waals surface area contributed by atoms with E-state index in [9.17, 15) is 42.4 Å². The molecule has 0 rings (SSSR count). The van der Waals surface area contributed by atoms with Gasteiger partial charge in [-0.2, -0.15) is 0 Å². The van der Waals surface area contributed by atoms with Crippen molar-refractivity contribution in [1.29, 1.82) is 0 Å². The van der Waals surface area contributed by atoms with Crippen LogP contribution in [-0.2, 0) is 73.0 Å². The molecule has 0 aromatic rings. The monoisotopic (exact) mass is 768 g/mol. The fourth-order valence-electron chi connectivity index (χ4n) is 2.46. The lowest BCUT2D eigenvalue weighted by Gasteiger charge is -2.22. The van der Waals surface area contributed by atoms with Gasteiger partial charge in [-0.1, -0.05) is 0 Å². The number of rotatable bonds is 30. The summed E-state index contributed by atoms with van der Waals surface area (Å²) in [5.41, 5.74) is 0. The second-order valence-corrected chi connectivity index (χ2v) is 14.9. The van der Waals surface area contributed by atoms with E-state index in [1.807, 2.05) is 0 Å². The molecule has 0 spiro atoms. The molecule has 0 aliphatic heterocycles. The zero-order chi connectivity index (χ0) is 34.6. The molecule has 29 heteroatoms. The summed E-state index contributed by atoms with van der Waals surface area (Å²) in [7, 11) is -21.0. The molecule has 272 valence electrons. The van der Waals surface area contributed by atoms with Gasteiger partial charge in [-0.15, -0.1) is 0 Å². The molecule has 0 aliphatic carbocycles. The van der Waals surface area contributed by atoms with Crippen LogP contribution in [0.2, 0.25) is 0 Å². The minimum atomic E-state index is -5.01. The van der Waals surface area contributed by atoms with E-state index in [0.29, 0.717) is 0 Å². The normalized spacial score (nSPS) is 19.2. The largest absolute Gasteiger partial charge is 0.472 e. The minimum Gasteiger partial charge on any atom is -0.364 e. The van der Waals surface area contributed by atoms with Crippen LogP contribution in [0.4, 0.5) is 0 Å². The quantitative estimate of drug-likeness (QED) is 0.0266. The highest BCUT2D eigenvalue weighted by Crippen LogP contribution is 2.49. The summed E-state index contributed by atoms with van der Waals surface area (Å²) in [5, 5.41) is 5.20. The first-order valence-electron chi connectivity index (χ1n) is 12.5. The van der Waals surface area contributed by atoms with Crippen LogP contribution >= 0.6 is 39.1 Å². The lowest BCUT2D eigenvalue weighted by molar-refractivity contribution is -0.00785. The average molecular weight is 768 g/mol. The first-order valence-corrected chi connectivity index (χ1v) is 20.0. The van der Waals surface area contributed by atoms with Gasteiger partial charge in [0.1, 0.15) is 12.2 Å². The molecule has 0 aromatic heterocycles. The van der Waals surface area contributed by atoms with E-state index in [1.54, 1.807) is 0 Å². The van der Waals surface area contributed by atoms with Crippen molar-refractivity contribution in [3.05, 3.63) is 0 Å². The van der Waals surface area contributed by atoms with Crippen molar-refractivity contribution >= 4 is 39.1 Å². The molecule has 0 aromatic carbocycles. The molecule has 0 bridgehead atoms. The van der Waals surface area contributed by atoms with Gasteiger partial charge in [0.25, 0.3) is 0 Å². The van der Waals surface area contributed by atoms with Crippen molar-refractivity contribution < 1.29 is 102 Å². The number of phosphoric ester groups is 5. The Hall–Kier alpha value is 0.390. The number of nitrogens with one attached hydrogen (secondary N) is 2. The van der Waals surface area contributed by atoms with Crippen LogP contribution in [0, 0.1) is 0 Å². The third-order valence-corrected chi connectivity index (χ3v) is 8.70. The predicted molar refractivity (Wildman–Crippen MR) is 148 cm³/mol. The maximum atomic E-state index is 12.2. The van der Waals surface area contributed by atoms with E-state index in [1.165, 1.54) is 21.0 Å². The van der Waals surface area contributed by atoms with Crippen LogP contribution in [0.1, 0.15) is 6.92 Å². The smallest absolute Gasteiger partial charge is 0.364 e. The van der Waals surface area contributed by atoms with Gasteiger partial charge in [0.05, 0.1) is 72.9 Å². The molecule has 6 unspecified atom stereocenters. The number of ether oxygens (including phenoxy) is 2. The van der Waals surface area contributed by atoms with Crippen LogP contribution < -0.4 is 10.6 Å². The van der Waals surface area contributed by atoms with Gasteiger partial charge in [0.2, 0.25) is 0 Å². The molecule has 0 amide bonds. The second-order valence-electron chi connectivity index (χ2n) is 7.90. The molecule has 0 saturated heterocycles. The molecular formula is C16H41N2O22P5. The summed E-state index contributed by atoms with van der Waals surface area (Å²) in [6.45, 7) is -4.39. The topological polar surface area (TPSA) is 332 Å². The van der Waals surface area contributed by atoms with Crippen LogP contribution in [-0.4, -0.2) is 129 Å². The molecule has 6 atom stereocenters. The molecule has 0 heterocycles. The van der Waals surface area contributed by atoms with Crippen molar-refractivity contribution in [2.75, 3.05) is 87.0 Å². The molecule has 0 fully saturated rings. The van der Waals surface area contributed by atoms with Gasteiger partial charge in [-0.05, 0) is 21.0 Å².